The van der Waals surface area contributed by atoms with Gasteiger partial charge in [-0.05, 0) is 35.7 Å². The molecule has 2 aromatic heterocycles. The number of fused-ring (bicyclic) bond motifs is 1. The number of halogens is 1. The highest BCUT2D eigenvalue weighted by Crippen LogP contribution is 2.25. The number of esters is 1. The second-order valence-corrected chi connectivity index (χ2v) is 7.83. The Morgan fingerprint density at radius 1 is 0.971 bits per heavy atom. The van der Waals surface area contributed by atoms with Crippen molar-refractivity contribution in [1.82, 2.24) is 19.6 Å². The minimum Gasteiger partial charge on any atom is -0.462 e. The molecule has 174 valence electrons. The molecule has 0 amide bonds. The molecule has 0 unspecified atom stereocenters. The molecule has 0 aliphatic rings. The van der Waals surface area contributed by atoms with Gasteiger partial charge in [0.25, 0.3) is 0 Å². The highest BCUT2D eigenvalue weighted by atomic mass is 19.1. The normalized spacial score (nSPS) is 11.0. The van der Waals surface area contributed by atoms with Gasteiger partial charge in [0.15, 0.2) is 5.69 Å². The lowest BCUT2D eigenvalue weighted by Gasteiger charge is -2.12. The Morgan fingerprint density at radius 2 is 1.80 bits per heavy atom. The maximum atomic E-state index is 12.8. The highest BCUT2D eigenvalue weighted by Gasteiger charge is 2.16. The fraction of sp³-hybridized carbons (Fsp3) is 0.111. The first-order chi connectivity index (χ1) is 17.2. The fourth-order valence-electron chi connectivity index (χ4n) is 3.87. The van der Waals surface area contributed by atoms with Gasteiger partial charge in [-0.3, -0.25) is 9.18 Å². The summed E-state index contributed by atoms with van der Waals surface area (Å²) in [6.45, 7) is -0.537. The van der Waals surface area contributed by atoms with E-state index < -0.39 is 12.6 Å². The minimum absolute atomic E-state index is 0.0120. The zero-order valence-corrected chi connectivity index (χ0v) is 18.7. The first-order valence-corrected chi connectivity index (χ1v) is 11.1. The monoisotopic (exact) mass is 468 g/mol. The van der Waals surface area contributed by atoms with Crippen molar-refractivity contribution >= 4 is 16.7 Å². The fourth-order valence-corrected chi connectivity index (χ4v) is 3.87. The van der Waals surface area contributed by atoms with E-state index in [1.807, 2.05) is 42.5 Å². The molecule has 2 heterocycles. The van der Waals surface area contributed by atoms with Crippen molar-refractivity contribution in [3.05, 3.63) is 107 Å². The number of alkyl halides is 1. The van der Waals surface area contributed by atoms with Crippen LogP contribution in [-0.2, 0) is 4.74 Å². The molecule has 0 saturated carbocycles. The van der Waals surface area contributed by atoms with Gasteiger partial charge in [0.2, 0.25) is 5.43 Å². The van der Waals surface area contributed by atoms with Crippen LogP contribution < -0.4 is 5.43 Å². The number of carbonyl (C=O) groups is 1. The summed E-state index contributed by atoms with van der Waals surface area (Å²) in [7, 11) is 0. The molecule has 8 heteroatoms. The van der Waals surface area contributed by atoms with Gasteiger partial charge in [-0.2, -0.15) is 10.2 Å². The molecule has 35 heavy (non-hydrogen) atoms. The third kappa shape index (κ3) is 4.46. The van der Waals surface area contributed by atoms with Crippen molar-refractivity contribution in [2.24, 2.45) is 0 Å². The molecule has 0 spiro atoms. The number of nitrogens with zero attached hydrogens (tertiary/aromatic N) is 4. The lowest BCUT2D eigenvalue weighted by molar-refractivity contribution is 0.0494. The van der Waals surface area contributed by atoms with E-state index >= 15 is 0 Å². The smallest absolute Gasteiger partial charge is 0.338 e. The third-order valence-corrected chi connectivity index (χ3v) is 5.55. The SMILES string of the molecule is O=C(OCCCF)c1cccc(-n2ccc(=O)c(-c3ccnn3-c3cccc4ccccc34)n2)c1. The predicted molar refractivity (Wildman–Crippen MR) is 131 cm³/mol. The van der Waals surface area contributed by atoms with Crippen molar-refractivity contribution < 1.29 is 13.9 Å². The van der Waals surface area contributed by atoms with Crippen LogP contribution in [0.15, 0.2) is 96.1 Å². The van der Waals surface area contributed by atoms with Crippen molar-refractivity contribution in [2.75, 3.05) is 13.3 Å². The zero-order chi connectivity index (χ0) is 24.2. The first-order valence-electron chi connectivity index (χ1n) is 11.1. The van der Waals surface area contributed by atoms with Gasteiger partial charge in [-0.25, -0.2) is 14.2 Å². The molecule has 5 rings (SSSR count). The van der Waals surface area contributed by atoms with E-state index in [4.69, 9.17) is 4.74 Å². The van der Waals surface area contributed by atoms with Crippen LogP contribution >= 0.6 is 0 Å². The molecule has 0 N–H and O–H groups in total. The van der Waals surface area contributed by atoms with E-state index in [2.05, 4.69) is 10.2 Å². The van der Waals surface area contributed by atoms with Crippen molar-refractivity contribution in [3.63, 3.8) is 0 Å². The van der Waals surface area contributed by atoms with E-state index in [0.717, 1.165) is 16.5 Å². The lowest BCUT2D eigenvalue weighted by atomic mass is 10.1. The third-order valence-electron chi connectivity index (χ3n) is 5.55. The number of hydrogen-bond acceptors (Lipinski definition) is 5. The van der Waals surface area contributed by atoms with Crippen LogP contribution in [-0.4, -0.2) is 38.8 Å². The van der Waals surface area contributed by atoms with Crippen LogP contribution in [0.1, 0.15) is 16.8 Å². The zero-order valence-electron chi connectivity index (χ0n) is 18.7. The Kier molecular flexibility index (Phi) is 6.17. The average molecular weight is 468 g/mol. The number of hydrogen-bond donors (Lipinski definition) is 0. The Hall–Kier alpha value is -4.59. The van der Waals surface area contributed by atoms with Crippen molar-refractivity contribution in [2.45, 2.75) is 6.42 Å². The molecule has 0 radical (unpaired) electrons. The van der Waals surface area contributed by atoms with Crippen molar-refractivity contribution in [1.29, 1.82) is 0 Å². The van der Waals surface area contributed by atoms with Crippen LogP contribution in [0.3, 0.4) is 0 Å². The van der Waals surface area contributed by atoms with E-state index in [1.165, 1.54) is 16.9 Å². The van der Waals surface area contributed by atoms with Crippen LogP contribution in [0.5, 0.6) is 0 Å². The highest BCUT2D eigenvalue weighted by molar-refractivity contribution is 5.91. The maximum Gasteiger partial charge on any atom is 0.338 e. The Bertz CT molecular complexity index is 1570. The molecular formula is C27H21FN4O3. The lowest BCUT2D eigenvalue weighted by Crippen LogP contribution is -2.15. The molecule has 0 fully saturated rings. The standard InChI is InChI=1S/C27H21FN4O3/c28-14-5-17-35-27(34)20-8-3-9-21(18-20)31-16-13-25(33)26(30-31)24-12-15-29-32(24)23-11-4-7-19-6-1-2-10-22(19)23/h1-4,6-13,15-16,18H,5,14,17H2. The number of rotatable bonds is 7. The molecule has 5 aromatic rings. The van der Waals surface area contributed by atoms with Crippen LogP contribution in [0.25, 0.3) is 33.5 Å². The number of aromatic nitrogens is 4. The van der Waals surface area contributed by atoms with E-state index in [1.54, 1.807) is 41.2 Å². The van der Waals surface area contributed by atoms with E-state index in [9.17, 15) is 14.0 Å². The number of ether oxygens (including phenoxy) is 1. The minimum atomic E-state index is -0.549. The largest absolute Gasteiger partial charge is 0.462 e. The first kappa shape index (κ1) is 22.2. The van der Waals surface area contributed by atoms with Gasteiger partial charge in [-0.15, -0.1) is 0 Å². The Labute approximate surface area is 200 Å². The number of benzene rings is 3. The summed E-state index contributed by atoms with van der Waals surface area (Å²) in [4.78, 5) is 25.1. The van der Waals surface area contributed by atoms with Gasteiger partial charge in [0, 0.05) is 24.1 Å². The van der Waals surface area contributed by atoms with Crippen LogP contribution in [0.4, 0.5) is 4.39 Å². The number of carbonyl (C=O) groups excluding carboxylic acids is 1. The molecule has 0 aliphatic heterocycles. The molecule has 0 atom stereocenters. The summed E-state index contributed by atoms with van der Waals surface area (Å²) in [6, 6.07) is 23.7. The summed E-state index contributed by atoms with van der Waals surface area (Å²) in [6.07, 6.45) is 3.32. The van der Waals surface area contributed by atoms with Gasteiger partial charge in [0.1, 0.15) is 0 Å². The summed E-state index contributed by atoms with van der Waals surface area (Å²) in [5.74, 6) is -0.546. The summed E-state index contributed by atoms with van der Waals surface area (Å²) >= 11 is 0. The molecule has 7 nitrogen and oxygen atoms in total. The summed E-state index contributed by atoms with van der Waals surface area (Å²) in [5.41, 5.74) is 2.21. The molecule has 0 aliphatic carbocycles. The van der Waals surface area contributed by atoms with Crippen molar-refractivity contribution in [3.8, 4) is 22.8 Å². The second-order valence-electron chi connectivity index (χ2n) is 7.83. The molecule has 0 saturated heterocycles. The van der Waals surface area contributed by atoms with Gasteiger partial charge in [0.05, 0.1) is 42.1 Å². The van der Waals surface area contributed by atoms with Crippen LogP contribution in [0.2, 0.25) is 0 Å². The molecular weight excluding hydrogens is 447 g/mol. The summed E-state index contributed by atoms with van der Waals surface area (Å²) in [5, 5.41) is 11.1. The predicted octanol–water partition coefficient (Wildman–Crippen LogP) is 4.75. The van der Waals surface area contributed by atoms with E-state index in [0.29, 0.717) is 16.9 Å². The van der Waals surface area contributed by atoms with Gasteiger partial charge >= 0.3 is 5.97 Å². The van der Waals surface area contributed by atoms with Gasteiger partial charge < -0.3 is 4.74 Å². The maximum absolute atomic E-state index is 12.8. The topological polar surface area (TPSA) is 79.0 Å². The van der Waals surface area contributed by atoms with E-state index in [-0.39, 0.29) is 24.2 Å². The summed E-state index contributed by atoms with van der Waals surface area (Å²) < 4.78 is 20.6. The quantitative estimate of drug-likeness (QED) is 0.254. The van der Waals surface area contributed by atoms with Gasteiger partial charge in [-0.1, -0.05) is 42.5 Å². The molecule has 0 bridgehead atoms. The molecule has 3 aromatic carbocycles. The second kappa shape index (κ2) is 9.72. The average Bonchev–Trinajstić information content (AvgIpc) is 3.38. The van der Waals surface area contributed by atoms with Crippen LogP contribution in [0, 0.1) is 0 Å². The Balaban J connectivity index is 1.54. The Morgan fingerprint density at radius 3 is 2.69 bits per heavy atom.